The van der Waals surface area contributed by atoms with Crippen molar-refractivity contribution in [3.05, 3.63) is 36.2 Å². The third-order valence-corrected chi connectivity index (χ3v) is 2.43. The van der Waals surface area contributed by atoms with E-state index < -0.39 is 24.7 Å². The summed E-state index contributed by atoms with van der Waals surface area (Å²) in [5.74, 6) is -8.03. The zero-order valence-corrected chi connectivity index (χ0v) is 10.9. The molecule has 0 aromatic carbocycles. The summed E-state index contributed by atoms with van der Waals surface area (Å²) in [7, 11) is 0. The smallest absolute Gasteiger partial charge is 0.310 e. The van der Waals surface area contributed by atoms with Crippen molar-refractivity contribution in [2.45, 2.75) is 24.7 Å². The molecule has 1 nitrogen and oxygen atoms in total. The van der Waals surface area contributed by atoms with E-state index in [0.29, 0.717) is 0 Å². The second-order valence-corrected chi connectivity index (χ2v) is 3.63. The SMILES string of the molecule is FC1(F)C[C-]=C(c2ccccn2)CC1(F)F.[Ir]. The Morgan fingerprint density at radius 2 is 1.82 bits per heavy atom. The number of nitrogens with zero attached hydrogens (tertiary/aromatic N) is 1. The van der Waals surface area contributed by atoms with Gasteiger partial charge in [0.1, 0.15) is 0 Å². The minimum Gasteiger partial charge on any atom is -0.351 e. The van der Waals surface area contributed by atoms with Gasteiger partial charge in [0.15, 0.2) is 0 Å². The number of allylic oxidation sites excluding steroid dienone is 2. The van der Waals surface area contributed by atoms with Crippen LogP contribution in [0.15, 0.2) is 24.4 Å². The minimum atomic E-state index is -4.02. The Balaban J connectivity index is 0.00000144. The molecule has 0 amide bonds. The second-order valence-electron chi connectivity index (χ2n) is 3.63. The number of halogens is 4. The van der Waals surface area contributed by atoms with E-state index in [1.807, 2.05) is 0 Å². The molecule has 1 aliphatic carbocycles. The van der Waals surface area contributed by atoms with E-state index in [0.717, 1.165) is 0 Å². The van der Waals surface area contributed by atoms with Crippen LogP contribution in [0.3, 0.4) is 0 Å². The summed E-state index contributed by atoms with van der Waals surface area (Å²) in [4.78, 5) is 3.84. The summed E-state index contributed by atoms with van der Waals surface area (Å²) in [6.07, 6.45) is 1.65. The molecule has 95 valence electrons. The van der Waals surface area contributed by atoms with Gasteiger partial charge in [-0.15, -0.1) is 6.07 Å². The largest absolute Gasteiger partial charge is 0.351 e. The van der Waals surface area contributed by atoms with Crippen molar-refractivity contribution >= 4 is 5.57 Å². The molecule has 2 rings (SSSR count). The maximum Gasteiger partial charge on any atom is 0.310 e. The average molecular weight is 422 g/mol. The minimum absolute atomic E-state index is 0. The normalized spacial score (nSPS) is 21.3. The van der Waals surface area contributed by atoms with E-state index in [9.17, 15) is 17.6 Å². The van der Waals surface area contributed by atoms with Crippen molar-refractivity contribution < 1.29 is 37.7 Å². The quantitative estimate of drug-likeness (QED) is 0.500. The Hall–Kier alpha value is -0.741. The number of alkyl halides is 4. The fraction of sp³-hybridized carbons (Fsp3) is 0.364. The van der Waals surface area contributed by atoms with E-state index in [1.165, 1.54) is 12.3 Å². The molecule has 1 radical (unpaired) electrons. The van der Waals surface area contributed by atoms with Crippen molar-refractivity contribution in [2.24, 2.45) is 0 Å². The first-order valence-corrected chi connectivity index (χ1v) is 4.69. The third kappa shape index (κ3) is 2.75. The van der Waals surface area contributed by atoms with Gasteiger partial charge in [-0.05, 0) is 12.5 Å². The van der Waals surface area contributed by atoms with Crippen LogP contribution in [-0.2, 0) is 20.1 Å². The molecular weight excluding hydrogens is 414 g/mol. The van der Waals surface area contributed by atoms with Gasteiger partial charge < -0.3 is 4.98 Å². The van der Waals surface area contributed by atoms with E-state index in [1.54, 1.807) is 12.1 Å². The average Bonchev–Trinajstić information content (AvgIpc) is 2.23. The van der Waals surface area contributed by atoms with Crippen LogP contribution in [0, 0.1) is 6.08 Å². The molecule has 17 heavy (non-hydrogen) atoms. The van der Waals surface area contributed by atoms with Gasteiger partial charge in [-0.25, -0.2) is 8.78 Å². The maximum atomic E-state index is 13.1. The molecule has 0 saturated heterocycles. The van der Waals surface area contributed by atoms with Crippen LogP contribution >= 0.6 is 0 Å². The molecule has 0 spiro atoms. The number of hydrogen-bond acceptors (Lipinski definition) is 1. The molecule has 6 heteroatoms. The summed E-state index contributed by atoms with van der Waals surface area (Å²) in [6, 6.07) is 4.74. The zero-order chi connectivity index (χ0) is 11.8. The molecular formula is C11H8F4IrN-. The first-order chi connectivity index (χ1) is 7.42. The maximum absolute atomic E-state index is 13.1. The summed E-state index contributed by atoms with van der Waals surface area (Å²) in [5, 5.41) is 0. The molecule has 0 atom stereocenters. The first kappa shape index (κ1) is 14.3. The molecule has 0 saturated carbocycles. The Morgan fingerprint density at radius 1 is 1.12 bits per heavy atom. The molecule has 0 N–H and O–H groups in total. The van der Waals surface area contributed by atoms with Crippen molar-refractivity contribution in [3.63, 3.8) is 0 Å². The predicted octanol–water partition coefficient (Wildman–Crippen LogP) is 3.33. The van der Waals surface area contributed by atoms with Gasteiger partial charge in [-0.1, -0.05) is 11.8 Å². The van der Waals surface area contributed by atoms with Crippen molar-refractivity contribution in [1.82, 2.24) is 4.98 Å². The molecule has 1 aliphatic rings. The Bertz CT molecular complexity index is 417. The van der Waals surface area contributed by atoms with Crippen LogP contribution in [0.1, 0.15) is 18.5 Å². The molecule has 1 aromatic rings. The van der Waals surface area contributed by atoms with Crippen molar-refractivity contribution in [1.29, 1.82) is 0 Å². The Labute approximate surface area is 109 Å². The van der Waals surface area contributed by atoms with E-state index in [2.05, 4.69) is 11.1 Å². The number of pyridine rings is 1. The molecule has 1 heterocycles. The van der Waals surface area contributed by atoms with Crippen LogP contribution in [0.5, 0.6) is 0 Å². The van der Waals surface area contributed by atoms with E-state index in [4.69, 9.17) is 0 Å². The van der Waals surface area contributed by atoms with Crippen LogP contribution in [0.4, 0.5) is 17.6 Å². The number of rotatable bonds is 1. The van der Waals surface area contributed by atoms with Crippen LogP contribution in [-0.4, -0.2) is 16.8 Å². The number of aromatic nitrogens is 1. The molecule has 1 aromatic heterocycles. The topological polar surface area (TPSA) is 12.9 Å². The molecule has 0 bridgehead atoms. The molecule has 0 aliphatic heterocycles. The van der Waals surface area contributed by atoms with Gasteiger partial charge in [0, 0.05) is 32.7 Å². The molecule has 0 fully saturated rings. The third-order valence-electron chi connectivity index (χ3n) is 2.43. The van der Waals surface area contributed by atoms with Crippen LogP contribution in [0.25, 0.3) is 5.57 Å². The number of hydrogen-bond donors (Lipinski definition) is 0. The van der Waals surface area contributed by atoms with Gasteiger partial charge in [-0.3, -0.25) is 6.08 Å². The van der Waals surface area contributed by atoms with Crippen LogP contribution < -0.4 is 0 Å². The van der Waals surface area contributed by atoms with Gasteiger partial charge in [-0.2, -0.15) is 14.4 Å². The van der Waals surface area contributed by atoms with E-state index in [-0.39, 0.29) is 31.4 Å². The fourth-order valence-corrected chi connectivity index (χ4v) is 1.48. The summed E-state index contributed by atoms with van der Waals surface area (Å²) in [5.41, 5.74) is 0.328. The fourth-order valence-electron chi connectivity index (χ4n) is 1.48. The van der Waals surface area contributed by atoms with Crippen molar-refractivity contribution in [3.8, 4) is 0 Å². The Morgan fingerprint density at radius 3 is 2.35 bits per heavy atom. The summed E-state index contributed by atoms with van der Waals surface area (Å²) >= 11 is 0. The van der Waals surface area contributed by atoms with Gasteiger partial charge >= 0.3 is 5.92 Å². The van der Waals surface area contributed by atoms with Gasteiger partial charge in [0.25, 0.3) is 5.92 Å². The Kier molecular flexibility index (Phi) is 4.10. The van der Waals surface area contributed by atoms with Crippen molar-refractivity contribution in [2.75, 3.05) is 0 Å². The monoisotopic (exact) mass is 423 g/mol. The summed E-state index contributed by atoms with van der Waals surface area (Å²) in [6.45, 7) is 0. The second kappa shape index (κ2) is 4.86. The van der Waals surface area contributed by atoms with E-state index >= 15 is 0 Å². The predicted molar refractivity (Wildman–Crippen MR) is 50.0 cm³/mol. The van der Waals surface area contributed by atoms with Gasteiger partial charge in [0.05, 0.1) is 0 Å². The standard InChI is InChI=1S/C11H8F4N.Ir/c12-10(13)5-4-8(7-11(10,14)15)9-3-1-2-6-16-9;/h1-3,6H,5,7H2;/q-1;. The van der Waals surface area contributed by atoms with Gasteiger partial charge in [0.2, 0.25) is 0 Å². The molecule has 0 unspecified atom stereocenters. The zero-order valence-electron chi connectivity index (χ0n) is 8.52. The summed E-state index contributed by atoms with van der Waals surface area (Å²) < 4.78 is 51.8. The first-order valence-electron chi connectivity index (χ1n) is 4.69. The van der Waals surface area contributed by atoms with Crippen LogP contribution in [0.2, 0.25) is 0 Å².